The van der Waals surface area contributed by atoms with E-state index in [1.165, 1.54) is 12.8 Å². The van der Waals surface area contributed by atoms with Gasteiger partial charge in [-0.3, -0.25) is 9.48 Å². The topological polar surface area (TPSA) is 123 Å². The summed E-state index contributed by atoms with van der Waals surface area (Å²) in [5.74, 6) is 1.20. The highest BCUT2D eigenvalue weighted by Gasteiger charge is 2.29. The van der Waals surface area contributed by atoms with Gasteiger partial charge in [0, 0.05) is 58.5 Å². The molecule has 0 radical (unpaired) electrons. The summed E-state index contributed by atoms with van der Waals surface area (Å²) in [5.41, 5.74) is 2.43. The van der Waals surface area contributed by atoms with Crippen molar-refractivity contribution in [3.8, 4) is 17.3 Å². The van der Waals surface area contributed by atoms with Gasteiger partial charge in [-0.25, -0.2) is 9.97 Å². The standard InChI is InChI=1S/C30H44N8O3Si/c1-42(2,3)19-18-41-22-37-13-10-24-28(33-21-34-30(24)37)25-20-38(26(8-11-31)23-6-4-5-7-23)35-29(25)32-12-9-27(39)36-14-16-40-17-15-36/h10,13,20-21,23,26H,4-9,12,14-19,22H2,1-3H3,(H,32,35). The summed E-state index contributed by atoms with van der Waals surface area (Å²) in [6.07, 6.45) is 11.0. The van der Waals surface area contributed by atoms with E-state index in [4.69, 9.17) is 19.6 Å². The molecule has 4 heterocycles. The first-order valence-corrected chi connectivity index (χ1v) is 19.0. The van der Waals surface area contributed by atoms with Crippen LogP contribution in [0.3, 0.4) is 0 Å². The van der Waals surface area contributed by atoms with Crippen molar-refractivity contribution in [3.05, 3.63) is 24.8 Å². The lowest BCUT2D eigenvalue weighted by Crippen LogP contribution is -2.41. The Labute approximate surface area is 249 Å². The molecule has 42 heavy (non-hydrogen) atoms. The third-order valence-corrected chi connectivity index (χ3v) is 10.1. The van der Waals surface area contributed by atoms with Crippen LogP contribution in [0.5, 0.6) is 0 Å². The Kier molecular flexibility index (Phi) is 9.92. The van der Waals surface area contributed by atoms with E-state index in [9.17, 15) is 10.1 Å². The number of hydrogen-bond acceptors (Lipinski definition) is 8. The molecule has 3 aromatic heterocycles. The number of fused-ring (bicyclic) bond motifs is 1. The fourth-order valence-corrected chi connectivity index (χ4v) is 6.66. The molecule has 0 bridgehead atoms. The van der Waals surface area contributed by atoms with E-state index in [-0.39, 0.29) is 11.9 Å². The first-order valence-electron chi connectivity index (χ1n) is 15.3. The Hall–Kier alpha value is -3.27. The number of morpholine rings is 1. The number of anilines is 1. The minimum absolute atomic E-state index is 0.00322. The highest BCUT2D eigenvalue weighted by Crippen LogP contribution is 2.38. The van der Waals surface area contributed by atoms with E-state index in [0.717, 1.165) is 47.8 Å². The molecule has 0 aromatic carbocycles. The molecule has 12 heteroatoms. The van der Waals surface area contributed by atoms with Crippen LogP contribution in [0.4, 0.5) is 5.82 Å². The molecule has 226 valence electrons. The summed E-state index contributed by atoms with van der Waals surface area (Å²) in [6.45, 7) is 11.1. The second-order valence-electron chi connectivity index (χ2n) is 12.6. The zero-order valence-electron chi connectivity index (χ0n) is 25.2. The van der Waals surface area contributed by atoms with E-state index in [2.05, 4.69) is 36.0 Å². The Bertz CT molecular complexity index is 1380. The maximum atomic E-state index is 12.8. The molecule has 0 spiro atoms. The zero-order chi connectivity index (χ0) is 29.5. The van der Waals surface area contributed by atoms with Crippen LogP contribution >= 0.6 is 0 Å². The predicted octanol–water partition coefficient (Wildman–Crippen LogP) is 4.91. The number of amides is 1. The summed E-state index contributed by atoms with van der Waals surface area (Å²) in [6, 6.07) is 5.53. The average Bonchev–Trinajstić information content (AvgIpc) is 3.75. The van der Waals surface area contributed by atoms with Gasteiger partial charge in [-0.05, 0) is 30.9 Å². The van der Waals surface area contributed by atoms with Gasteiger partial charge in [0.15, 0.2) is 5.82 Å². The normalized spacial score (nSPS) is 17.0. The van der Waals surface area contributed by atoms with Crippen molar-refractivity contribution in [1.29, 1.82) is 5.26 Å². The molecule has 1 unspecified atom stereocenters. The lowest BCUT2D eigenvalue weighted by atomic mass is 9.96. The van der Waals surface area contributed by atoms with Gasteiger partial charge >= 0.3 is 0 Å². The van der Waals surface area contributed by atoms with Gasteiger partial charge in [-0.2, -0.15) is 10.4 Å². The number of nitrogens with one attached hydrogen (secondary N) is 1. The van der Waals surface area contributed by atoms with E-state index in [0.29, 0.717) is 64.2 Å². The third-order valence-electron chi connectivity index (χ3n) is 8.35. The number of nitriles is 1. The van der Waals surface area contributed by atoms with Crippen molar-refractivity contribution in [2.24, 2.45) is 5.92 Å². The Morgan fingerprint density at radius 3 is 2.76 bits per heavy atom. The summed E-state index contributed by atoms with van der Waals surface area (Å²) in [7, 11) is -1.17. The Morgan fingerprint density at radius 2 is 2.02 bits per heavy atom. The van der Waals surface area contributed by atoms with Gasteiger partial charge in [0.05, 0.1) is 43.0 Å². The molecule has 2 aliphatic rings. The number of hydrogen-bond donors (Lipinski definition) is 1. The van der Waals surface area contributed by atoms with Crippen molar-refractivity contribution >= 4 is 30.8 Å². The fraction of sp³-hybridized carbons (Fsp3) is 0.633. The van der Waals surface area contributed by atoms with Crippen molar-refractivity contribution in [2.45, 2.75) is 77.0 Å². The summed E-state index contributed by atoms with van der Waals surface area (Å²) >= 11 is 0. The summed E-state index contributed by atoms with van der Waals surface area (Å²) < 4.78 is 15.4. The molecule has 2 fully saturated rings. The molecule has 1 atom stereocenters. The second kappa shape index (κ2) is 13.8. The first kappa shape index (κ1) is 30.2. The molecule has 1 saturated carbocycles. The molecule has 1 saturated heterocycles. The zero-order valence-corrected chi connectivity index (χ0v) is 26.2. The Morgan fingerprint density at radius 1 is 1.24 bits per heavy atom. The molecule has 1 amide bonds. The largest absolute Gasteiger partial charge is 0.378 e. The molecule has 1 aliphatic heterocycles. The van der Waals surface area contributed by atoms with Crippen LogP contribution in [0.2, 0.25) is 25.7 Å². The van der Waals surface area contributed by atoms with Crippen molar-refractivity contribution in [1.82, 2.24) is 29.2 Å². The van der Waals surface area contributed by atoms with Crippen LogP contribution in [-0.2, 0) is 21.0 Å². The van der Waals surface area contributed by atoms with E-state index in [1.807, 2.05) is 32.6 Å². The number of rotatable bonds is 13. The second-order valence-corrected chi connectivity index (χ2v) is 18.2. The summed E-state index contributed by atoms with van der Waals surface area (Å²) in [4.78, 5) is 23.9. The van der Waals surface area contributed by atoms with Crippen LogP contribution in [0, 0.1) is 17.2 Å². The maximum Gasteiger partial charge on any atom is 0.224 e. The van der Waals surface area contributed by atoms with Gasteiger partial charge in [-0.15, -0.1) is 0 Å². The maximum absolute atomic E-state index is 12.8. The van der Waals surface area contributed by atoms with E-state index in [1.54, 1.807) is 6.33 Å². The number of nitrogens with zero attached hydrogens (tertiary/aromatic N) is 7. The molecule has 3 aromatic rings. The van der Waals surface area contributed by atoms with Crippen molar-refractivity contribution in [3.63, 3.8) is 0 Å². The van der Waals surface area contributed by atoms with Crippen molar-refractivity contribution in [2.75, 3.05) is 44.8 Å². The fourth-order valence-electron chi connectivity index (χ4n) is 5.90. The van der Waals surface area contributed by atoms with Crippen LogP contribution in [0.1, 0.15) is 44.6 Å². The van der Waals surface area contributed by atoms with Crippen LogP contribution in [-0.4, -0.2) is 82.7 Å². The molecular formula is C30H44N8O3Si. The third kappa shape index (κ3) is 7.38. The lowest BCUT2D eigenvalue weighted by molar-refractivity contribution is -0.134. The molecule has 5 rings (SSSR count). The van der Waals surface area contributed by atoms with E-state index >= 15 is 0 Å². The quantitative estimate of drug-likeness (QED) is 0.219. The summed E-state index contributed by atoms with van der Waals surface area (Å²) in [5, 5.41) is 19.0. The minimum atomic E-state index is -1.17. The van der Waals surface area contributed by atoms with Gasteiger partial charge < -0.3 is 24.3 Å². The van der Waals surface area contributed by atoms with Gasteiger partial charge in [0.1, 0.15) is 18.7 Å². The van der Waals surface area contributed by atoms with Gasteiger partial charge in [-0.1, -0.05) is 32.5 Å². The lowest BCUT2D eigenvalue weighted by Gasteiger charge is -2.26. The van der Waals surface area contributed by atoms with Crippen LogP contribution in [0.15, 0.2) is 24.8 Å². The van der Waals surface area contributed by atoms with Gasteiger partial charge in [0.25, 0.3) is 0 Å². The highest BCUT2D eigenvalue weighted by atomic mass is 28.3. The number of carbonyl (C=O) groups is 1. The molecule has 1 N–H and O–H groups in total. The van der Waals surface area contributed by atoms with Gasteiger partial charge in [0.2, 0.25) is 5.91 Å². The molecular weight excluding hydrogens is 548 g/mol. The number of aromatic nitrogens is 5. The monoisotopic (exact) mass is 592 g/mol. The Balaban J connectivity index is 1.40. The average molecular weight is 593 g/mol. The van der Waals surface area contributed by atoms with Crippen molar-refractivity contribution < 1.29 is 14.3 Å². The number of carbonyl (C=O) groups excluding carboxylic acids is 1. The van der Waals surface area contributed by atoms with Crippen LogP contribution < -0.4 is 5.32 Å². The highest BCUT2D eigenvalue weighted by molar-refractivity contribution is 6.76. The smallest absolute Gasteiger partial charge is 0.224 e. The minimum Gasteiger partial charge on any atom is -0.378 e. The van der Waals surface area contributed by atoms with Crippen LogP contribution in [0.25, 0.3) is 22.3 Å². The number of ether oxygens (including phenoxy) is 2. The first-order chi connectivity index (χ1) is 20.3. The van der Waals surface area contributed by atoms with E-state index < -0.39 is 8.07 Å². The molecule has 1 aliphatic carbocycles. The molecule has 11 nitrogen and oxygen atoms in total. The predicted molar refractivity (Wildman–Crippen MR) is 165 cm³/mol. The SMILES string of the molecule is C[Si](C)(C)CCOCn1ccc2c(-c3cn(C(CC#N)C4CCCC4)nc3NCCC(=O)N3CCOCC3)ncnc21.